The molecule has 0 N–H and O–H groups in total. The smallest absolute Gasteiger partial charge is 0.229 e. The van der Waals surface area contributed by atoms with Crippen LogP contribution in [0.4, 0.5) is 5.69 Å². The maximum Gasteiger partial charge on any atom is 0.229 e. The number of fused-ring (bicyclic) bond motifs is 1. The fourth-order valence-corrected chi connectivity index (χ4v) is 5.41. The van der Waals surface area contributed by atoms with Gasteiger partial charge in [0.1, 0.15) is 0 Å². The SMILES string of the molecule is CCc1ccc(N2CSC3=C(C#N)[C@@H](c4cccs4)CC(=O)N3C2)cc1. The minimum atomic E-state index is -0.0957. The van der Waals surface area contributed by atoms with Crippen molar-refractivity contribution in [2.24, 2.45) is 0 Å². The molecule has 6 heteroatoms. The second-order valence-electron chi connectivity index (χ2n) is 6.40. The van der Waals surface area contributed by atoms with Gasteiger partial charge in [-0.3, -0.25) is 9.69 Å². The molecular formula is C20H19N3OS2. The van der Waals surface area contributed by atoms with Gasteiger partial charge >= 0.3 is 0 Å². The molecule has 0 aliphatic carbocycles. The van der Waals surface area contributed by atoms with Gasteiger partial charge in [0.25, 0.3) is 0 Å². The first kappa shape index (κ1) is 17.2. The number of allylic oxidation sites excluding steroid dienone is 1. The molecule has 3 heterocycles. The molecule has 2 aromatic rings. The first-order valence-electron chi connectivity index (χ1n) is 8.66. The van der Waals surface area contributed by atoms with Crippen LogP contribution in [0.1, 0.15) is 29.7 Å². The molecule has 1 saturated heterocycles. The summed E-state index contributed by atoms with van der Waals surface area (Å²) in [7, 11) is 0. The van der Waals surface area contributed by atoms with Gasteiger partial charge in [-0.15, -0.1) is 11.3 Å². The molecule has 1 atom stereocenters. The quantitative estimate of drug-likeness (QED) is 0.784. The molecule has 2 aliphatic rings. The number of amides is 1. The monoisotopic (exact) mass is 381 g/mol. The van der Waals surface area contributed by atoms with Crippen molar-refractivity contribution in [2.45, 2.75) is 25.7 Å². The average Bonchev–Trinajstić information content (AvgIpc) is 3.22. The van der Waals surface area contributed by atoms with Crippen molar-refractivity contribution in [2.75, 3.05) is 17.4 Å². The van der Waals surface area contributed by atoms with E-state index in [9.17, 15) is 10.1 Å². The molecule has 26 heavy (non-hydrogen) atoms. The summed E-state index contributed by atoms with van der Waals surface area (Å²) >= 11 is 3.21. The van der Waals surface area contributed by atoms with Gasteiger partial charge in [0.05, 0.1) is 29.2 Å². The first-order chi connectivity index (χ1) is 12.7. The topological polar surface area (TPSA) is 47.3 Å². The molecule has 0 saturated carbocycles. The molecule has 4 nitrogen and oxygen atoms in total. The van der Waals surface area contributed by atoms with E-state index in [4.69, 9.17) is 0 Å². The lowest BCUT2D eigenvalue weighted by molar-refractivity contribution is -0.129. The van der Waals surface area contributed by atoms with Crippen LogP contribution in [0.25, 0.3) is 0 Å². The zero-order valence-corrected chi connectivity index (χ0v) is 16.1. The number of nitriles is 1. The van der Waals surface area contributed by atoms with Gasteiger partial charge in [-0.1, -0.05) is 36.9 Å². The third-order valence-electron chi connectivity index (χ3n) is 4.89. The van der Waals surface area contributed by atoms with Crippen molar-refractivity contribution in [1.82, 2.24) is 4.90 Å². The summed E-state index contributed by atoms with van der Waals surface area (Å²) < 4.78 is 0. The van der Waals surface area contributed by atoms with Crippen LogP contribution in [0.15, 0.2) is 52.4 Å². The molecule has 1 aromatic heterocycles. The third-order valence-corrected chi connectivity index (χ3v) is 7.03. The first-order valence-corrected chi connectivity index (χ1v) is 10.5. The Morgan fingerprint density at radius 2 is 2.08 bits per heavy atom. The summed E-state index contributed by atoms with van der Waals surface area (Å²) in [6.07, 6.45) is 1.39. The lowest BCUT2D eigenvalue weighted by Gasteiger charge is -2.42. The fraction of sp³-hybridized carbons (Fsp3) is 0.300. The minimum Gasteiger partial charge on any atom is -0.344 e. The summed E-state index contributed by atoms with van der Waals surface area (Å²) in [4.78, 5) is 17.9. The Kier molecular flexibility index (Phi) is 4.75. The largest absolute Gasteiger partial charge is 0.344 e. The molecule has 0 unspecified atom stereocenters. The van der Waals surface area contributed by atoms with E-state index in [0.717, 1.165) is 33.5 Å². The molecule has 0 spiro atoms. The Bertz CT molecular complexity index is 881. The number of hydrogen-bond acceptors (Lipinski definition) is 5. The lowest BCUT2D eigenvalue weighted by atomic mass is 9.92. The van der Waals surface area contributed by atoms with Gasteiger partial charge < -0.3 is 4.90 Å². The van der Waals surface area contributed by atoms with E-state index in [1.807, 2.05) is 17.5 Å². The van der Waals surface area contributed by atoms with E-state index >= 15 is 0 Å². The van der Waals surface area contributed by atoms with Gasteiger partial charge in [-0.05, 0) is 35.6 Å². The summed E-state index contributed by atoms with van der Waals surface area (Å²) in [6, 6.07) is 14.9. The van der Waals surface area contributed by atoms with Crippen molar-refractivity contribution in [3.8, 4) is 6.07 Å². The maximum absolute atomic E-state index is 12.8. The Morgan fingerprint density at radius 1 is 1.27 bits per heavy atom. The summed E-state index contributed by atoms with van der Waals surface area (Å²) in [5.74, 6) is 0.744. The van der Waals surface area contributed by atoms with Crippen LogP contribution in [-0.4, -0.2) is 23.4 Å². The zero-order valence-electron chi connectivity index (χ0n) is 14.5. The summed E-state index contributed by atoms with van der Waals surface area (Å²) in [5.41, 5.74) is 3.15. The zero-order chi connectivity index (χ0) is 18.1. The van der Waals surface area contributed by atoms with Gasteiger partial charge in [-0.25, -0.2) is 0 Å². The lowest BCUT2D eigenvalue weighted by Crippen LogP contribution is -2.47. The molecule has 0 bridgehead atoms. The molecule has 132 valence electrons. The Morgan fingerprint density at radius 3 is 2.73 bits per heavy atom. The Labute approximate surface area is 161 Å². The number of rotatable bonds is 3. The number of aryl methyl sites for hydroxylation is 1. The second kappa shape index (κ2) is 7.18. The number of hydrogen-bond donors (Lipinski definition) is 0. The van der Waals surface area contributed by atoms with Crippen molar-refractivity contribution in [3.05, 3.63) is 62.8 Å². The second-order valence-corrected chi connectivity index (χ2v) is 8.31. The van der Waals surface area contributed by atoms with Crippen molar-refractivity contribution in [1.29, 1.82) is 5.26 Å². The predicted molar refractivity (Wildman–Crippen MR) is 107 cm³/mol. The highest BCUT2D eigenvalue weighted by molar-refractivity contribution is 8.03. The van der Waals surface area contributed by atoms with Crippen LogP contribution in [0, 0.1) is 11.3 Å². The number of carbonyl (C=O) groups is 1. The highest BCUT2D eigenvalue weighted by Crippen LogP contribution is 2.44. The number of anilines is 1. The molecule has 0 radical (unpaired) electrons. The van der Waals surface area contributed by atoms with E-state index in [-0.39, 0.29) is 11.8 Å². The molecule has 4 rings (SSSR count). The van der Waals surface area contributed by atoms with E-state index < -0.39 is 0 Å². The number of benzene rings is 1. The number of carbonyl (C=O) groups excluding carboxylic acids is 1. The van der Waals surface area contributed by atoms with Crippen LogP contribution in [0.2, 0.25) is 0 Å². The van der Waals surface area contributed by atoms with E-state index in [0.29, 0.717) is 13.1 Å². The summed E-state index contributed by atoms with van der Waals surface area (Å²) in [6.45, 7) is 2.65. The van der Waals surface area contributed by atoms with Crippen LogP contribution < -0.4 is 4.90 Å². The molecule has 2 aliphatic heterocycles. The number of thiophene rings is 1. The van der Waals surface area contributed by atoms with E-state index in [1.165, 1.54) is 5.56 Å². The fourth-order valence-electron chi connectivity index (χ4n) is 3.40. The van der Waals surface area contributed by atoms with Gasteiger partial charge in [-0.2, -0.15) is 5.26 Å². The minimum absolute atomic E-state index is 0.0957. The normalized spacial score (nSPS) is 20.2. The molecular weight excluding hydrogens is 362 g/mol. The average molecular weight is 382 g/mol. The van der Waals surface area contributed by atoms with Crippen molar-refractivity contribution < 1.29 is 4.79 Å². The van der Waals surface area contributed by atoms with Gasteiger partial charge in [0.2, 0.25) is 5.91 Å². The molecule has 1 fully saturated rings. The highest BCUT2D eigenvalue weighted by atomic mass is 32.2. The standard InChI is InChI=1S/C20H19N3OS2/c1-2-14-5-7-15(8-6-14)22-12-23-19(24)10-16(18-4-3-9-25-18)17(11-21)20(23)26-13-22/h3-9,16H,2,10,12-13H2,1H3/t16-/m0/s1. The van der Waals surface area contributed by atoms with Gasteiger partial charge in [0.15, 0.2) is 0 Å². The van der Waals surface area contributed by atoms with E-state index in [1.54, 1.807) is 28.0 Å². The Hall–Kier alpha value is -2.23. The van der Waals surface area contributed by atoms with Crippen LogP contribution >= 0.6 is 23.1 Å². The van der Waals surface area contributed by atoms with E-state index in [2.05, 4.69) is 42.2 Å². The Balaban J connectivity index is 1.62. The van der Waals surface area contributed by atoms with Crippen LogP contribution in [0.3, 0.4) is 0 Å². The van der Waals surface area contributed by atoms with Crippen molar-refractivity contribution in [3.63, 3.8) is 0 Å². The predicted octanol–water partition coefficient (Wildman–Crippen LogP) is 4.53. The molecule has 1 amide bonds. The van der Waals surface area contributed by atoms with Gasteiger partial charge in [0, 0.05) is 22.9 Å². The van der Waals surface area contributed by atoms with Crippen LogP contribution in [0.5, 0.6) is 0 Å². The summed E-state index contributed by atoms with van der Waals surface area (Å²) in [5, 5.41) is 12.6. The number of thioether (sulfide) groups is 1. The van der Waals surface area contributed by atoms with Crippen molar-refractivity contribution >= 4 is 34.7 Å². The number of nitrogens with zero attached hydrogens (tertiary/aromatic N) is 3. The third kappa shape index (κ3) is 3.02. The molecule has 1 aromatic carbocycles. The maximum atomic E-state index is 12.8. The highest BCUT2D eigenvalue weighted by Gasteiger charge is 2.38. The van der Waals surface area contributed by atoms with Crippen LogP contribution in [-0.2, 0) is 11.2 Å².